The fraction of sp³-hybridized carbons (Fsp3) is 0.273. The third kappa shape index (κ3) is 4.87. The minimum Gasteiger partial charge on any atom is -0.481 e. The van der Waals surface area contributed by atoms with E-state index in [0.29, 0.717) is 23.0 Å². The second kappa shape index (κ2) is 8.68. The number of nitrogens with zero attached hydrogens (tertiary/aromatic N) is 2. The molecule has 1 atom stereocenters. The molecule has 2 aromatic carbocycles. The third-order valence-corrected chi connectivity index (χ3v) is 4.84. The molecule has 0 aliphatic rings. The second-order valence-electron chi connectivity index (χ2n) is 7.15. The van der Waals surface area contributed by atoms with Gasteiger partial charge in [0.2, 0.25) is 5.91 Å². The first-order valence-electron chi connectivity index (χ1n) is 9.41. The number of aryl methyl sites for hydroxylation is 2. The molecule has 0 bridgehead atoms. The van der Waals surface area contributed by atoms with Gasteiger partial charge in [0.15, 0.2) is 0 Å². The summed E-state index contributed by atoms with van der Waals surface area (Å²) < 4.78 is 1.44. The number of para-hydroxylation sites is 1. The highest BCUT2D eigenvalue weighted by atomic mass is 16.4. The molecule has 0 spiro atoms. The van der Waals surface area contributed by atoms with Crippen LogP contribution in [0.3, 0.4) is 0 Å². The van der Waals surface area contributed by atoms with Crippen LogP contribution in [0.4, 0.5) is 5.69 Å². The number of carboxylic acid groups (broad SMARTS) is 1. The van der Waals surface area contributed by atoms with Crippen LogP contribution < -0.4 is 10.9 Å². The maximum Gasteiger partial charge on any atom is 0.306 e. The lowest BCUT2D eigenvalue weighted by Gasteiger charge is -2.10. The van der Waals surface area contributed by atoms with Crippen molar-refractivity contribution in [3.05, 3.63) is 70.3 Å². The van der Waals surface area contributed by atoms with E-state index in [1.165, 1.54) is 10.9 Å². The number of hydrogen-bond donors (Lipinski definition) is 2. The second-order valence-corrected chi connectivity index (χ2v) is 7.15. The summed E-state index contributed by atoms with van der Waals surface area (Å²) in [5.74, 6) is -1.52. The molecule has 1 heterocycles. The van der Waals surface area contributed by atoms with Crippen LogP contribution in [0.15, 0.2) is 53.6 Å². The molecule has 0 fully saturated rings. The Bertz CT molecular complexity index is 1100. The van der Waals surface area contributed by atoms with E-state index >= 15 is 0 Å². The van der Waals surface area contributed by atoms with Crippen molar-refractivity contribution in [3.8, 4) is 0 Å². The van der Waals surface area contributed by atoms with Gasteiger partial charge < -0.3 is 10.4 Å². The number of amides is 1. The van der Waals surface area contributed by atoms with E-state index in [9.17, 15) is 14.4 Å². The van der Waals surface area contributed by atoms with Crippen LogP contribution in [0.25, 0.3) is 10.9 Å². The quantitative estimate of drug-likeness (QED) is 0.643. The molecule has 0 saturated carbocycles. The van der Waals surface area contributed by atoms with Crippen molar-refractivity contribution in [1.29, 1.82) is 0 Å². The Balaban J connectivity index is 1.60. The van der Waals surface area contributed by atoms with Crippen LogP contribution in [0, 0.1) is 12.8 Å². The molecule has 0 aliphatic heterocycles. The molecule has 150 valence electrons. The number of aliphatic carboxylic acids is 1. The van der Waals surface area contributed by atoms with Crippen LogP contribution in [-0.4, -0.2) is 26.5 Å². The lowest BCUT2D eigenvalue weighted by molar-refractivity contribution is -0.141. The van der Waals surface area contributed by atoms with Crippen LogP contribution in [0.2, 0.25) is 0 Å². The Morgan fingerprint density at radius 1 is 1.17 bits per heavy atom. The fourth-order valence-corrected chi connectivity index (χ4v) is 3.11. The topological polar surface area (TPSA) is 101 Å². The number of fused-ring (bicyclic) bond motifs is 1. The molecule has 0 radical (unpaired) electrons. The van der Waals surface area contributed by atoms with E-state index in [4.69, 9.17) is 5.11 Å². The van der Waals surface area contributed by atoms with E-state index in [-0.39, 0.29) is 24.4 Å². The van der Waals surface area contributed by atoms with Crippen molar-refractivity contribution in [2.75, 3.05) is 5.32 Å². The summed E-state index contributed by atoms with van der Waals surface area (Å²) >= 11 is 0. The Kier molecular flexibility index (Phi) is 6.07. The van der Waals surface area contributed by atoms with Gasteiger partial charge in [-0.1, -0.05) is 31.2 Å². The van der Waals surface area contributed by atoms with Crippen molar-refractivity contribution in [1.82, 2.24) is 9.55 Å². The van der Waals surface area contributed by atoms with E-state index in [1.807, 2.05) is 19.1 Å². The fourth-order valence-electron chi connectivity index (χ4n) is 3.11. The van der Waals surface area contributed by atoms with E-state index < -0.39 is 11.9 Å². The molecule has 3 aromatic rings. The van der Waals surface area contributed by atoms with Gasteiger partial charge in [0.05, 0.1) is 23.1 Å². The van der Waals surface area contributed by atoms with Gasteiger partial charge in [-0.05, 0) is 42.7 Å². The zero-order valence-corrected chi connectivity index (χ0v) is 16.4. The number of carbonyl (C=O) groups excluding carboxylic acids is 1. The molecule has 1 aromatic heterocycles. The summed E-state index contributed by atoms with van der Waals surface area (Å²) in [6.07, 6.45) is 2.04. The minimum atomic E-state index is -0.837. The normalized spacial score (nSPS) is 11.9. The van der Waals surface area contributed by atoms with Crippen molar-refractivity contribution in [3.63, 3.8) is 0 Å². The first-order valence-corrected chi connectivity index (χ1v) is 9.41. The van der Waals surface area contributed by atoms with Crippen molar-refractivity contribution in [2.45, 2.75) is 33.2 Å². The third-order valence-electron chi connectivity index (χ3n) is 4.84. The van der Waals surface area contributed by atoms with Gasteiger partial charge >= 0.3 is 5.97 Å². The van der Waals surface area contributed by atoms with Crippen LogP contribution in [0.5, 0.6) is 0 Å². The standard InChI is InChI=1S/C22H23N3O4/c1-14-4-3-5-18-20(14)23-13-25(21(18)27)11-10-19(26)24-17-8-6-16(7-9-17)12-15(2)22(28)29/h3-9,13,15H,10-12H2,1-2H3,(H,24,26)(H,28,29). The summed E-state index contributed by atoms with van der Waals surface area (Å²) in [6, 6.07) is 12.5. The Labute approximate surface area is 168 Å². The Morgan fingerprint density at radius 3 is 2.59 bits per heavy atom. The van der Waals surface area contributed by atoms with Gasteiger partial charge in [-0.2, -0.15) is 0 Å². The molecule has 7 nitrogen and oxygen atoms in total. The lowest BCUT2D eigenvalue weighted by atomic mass is 10.0. The van der Waals surface area contributed by atoms with Crippen molar-refractivity contribution >= 4 is 28.5 Å². The largest absolute Gasteiger partial charge is 0.481 e. The van der Waals surface area contributed by atoms with Gasteiger partial charge in [0.1, 0.15) is 0 Å². The van der Waals surface area contributed by atoms with Gasteiger partial charge in [0.25, 0.3) is 5.56 Å². The molecule has 1 unspecified atom stereocenters. The summed E-state index contributed by atoms with van der Waals surface area (Å²) in [7, 11) is 0. The average Bonchev–Trinajstić information content (AvgIpc) is 2.69. The van der Waals surface area contributed by atoms with Gasteiger partial charge in [0, 0.05) is 18.7 Å². The molecular formula is C22H23N3O4. The number of rotatable bonds is 7. The maximum atomic E-state index is 12.6. The average molecular weight is 393 g/mol. The molecule has 1 amide bonds. The first kappa shape index (κ1) is 20.3. The zero-order chi connectivity index (χ0) is 21.0. The van der Waals surface area contributed by atoms with E-state index in [2.05, 4.69) is 10.3 Å². The number of carbonyl (C=O) groups is 2. The smallest absolute Gasteiger partial charge is 0.306 e. The lowest BCUT2D eigenvalue weighted by Crippen LogP contribution is -2.23. The zero-order valence-electron chi connectivity index (χ0n) is 16.4. The van der Waals surface area contributed by atoms with E-state index in [1.54, 1.807) is 37.3 Å². The monoisotopic (exact) mass is 393 g/mol. The molecule has 29 heavy (non-hydrogen) atoms. The molecule has 2 N–H and O–H groups in total. The minimum absolute atomic E-state index is 0.136. The number of aromatic nitrogens is 2. The van der Waals surface area contributed by atoms with Crippen molar-refractivity contribution < 1.29 is 14.7 Å². The summed E-state index contributed by atoms with van der Waals surface area (Å²) in [4.78, 5) is 40.1. The number of anilines is 1. The molecule has 7 heteroatoms. The highest BCUT2D eigenvalue weighted by Gasteiger charge is 2.12. The van der Waals surface area contributed by atoms with Gasteiger partial charge in [-0.15, -0.1) is 0 Å². The molecule has 0 aliphatic carbocycles. The van der Waals surface area contributed by atoms with Gasteiger partial charge in [-0.3, -0.25) is 19.0 Å². The highest BCUT2D eigenvalue weighted by molar-refractivity contribution is 5.90. The predicted molar refractivity (Wildman–Crippen MR) is 111 cm³/mol. The Hall–Kier alpha value is -3.48. The predicted octanol–water partition coefficient (Wildman–Crippen LogP) is 3.00. The SMILES string of the molecule is Cc1cccc2c(=O)n(CCC(=O)Nc3ccc(CC(C)C(=O)O)cc3)cnc12. The summed E-state index contributed by atoms with van der Waals surface area (Å²) in [6.45, 7) is 3.79. The van der Waals surface area contributed by atoms with Crippen LogP contribution >= 0.6 is 0 Å². The summed E-state index contributed by atoms with van der Waals surface area (Å²) in [5, 5.41) is 12.3. The number of carboxylic acids is 1. The molecule has 3 rings (SSSR count). The van der Waals surface area contributed by atoms with Crippen LogP contribution in [-0.2, 0) is 22.6 Å². The van der Waals surface area contributed by atoms with Crippen LogP contribution in [0.1, 0.15) is 24.5 Å². The molecule has 0 saturated heterocycles. The first-order chi connectivity index (χ1) is 13.8. The van der Waals surface area contributed by atoms with E-state index in [0.717, 1.165) is 11.1 Å². The Morgan fingerprint density at radius 2 is 1.90 bits per heavy atom. The van der Waals surface area contributed by atoms with Crippen molar-refractivity contribution in [2.24, 2.45) is 5.92 Å². The number of hydrogen-bond acceptors (Lipinski definition) is 4. The number of benzene rings is 2. The summed E-state index contributed by atoms with van der Waals surface area (Å²) in [5.41, 5.74) is 2.97. The molecular weight excluding hydrogens is 370 g/mol. The number of nitrogens with one attached hydrogen (secondary N) is 1. The highest BCUT2D eigenvalue weighted by Crippen LogP contribution is 2.14. The van der Waals surface area contributed by atoms with Gasteiger partial charge in [-0.25, -0.2) is 4.98 Å². The maximum absolute atomic E-state index is 12.6.